The molecule has 0 spiro atoms. The maximum atomic E-state index is 13.8. The Hall–Kier alpha value is -2.61. The summed E-state index contributed by atoms with van der Waals surface area (Å²) in [6.07, 6.45) is 0.00225. The van der Waals surface area contributed by atoms with Crippen LogP contribution in [0.25, 0.3) is 22.5 Å². The molecule has 1 aliphatic rings. The Kier molecular flexibility index (Phi) is 4.07. The van der Waals surface area contributed by atoms with E-state index in [1.54, 1.807) is 42.3 Å². The molecule has 136 valence electrons. The van der Waals surface area contributed by atoms with Crippen LogP contribution in [0.5, 0.6) is 0 Å². The summed E-state index contributed by atoms with van der Waals surface area (Å²) >= 11 is 0. The lowest BCUT2D eigenvalue weighted by atomic mass is 9.96. The highest BCUT2D eigenvalue weighted by Crippen LogP contribution is 2.40. The molecule has 3 heterocycles. The van der Waals surface area contributed by atoms with Gasteiger partial charge >= 0.3 is 6.18 Å². The summed E-state index contributed by atoms with van der Waals surface area (Å²) in [7, 11) is 1.78. The van der Waals surface area contributed by atoms with E-state index in [-0.39, 0.29) is 5.56 Å². The third kappa shape index (κ3) is 3.12. The van der Waals surface area contributed by atoms with Crippen molar-refractivity contribution in [2.24, 2.45) is 7.05 Å². The van der Waals surface area contributed by atoms with E-state index in [1.807, 2.05) is 4.90 Å². The predicted octanol–water partition coefficient (Wildman–Crippen LogP) is 3.70. The fourth-order valence-corrected chi connectivity index (χ4v) is 3.23. The molecule has 4 rings (SSSR count). The van der Waals surface area contributed by atoms with Gasteiger partial charge in [-0.1, -0.05) is 18.2 Å². The molecule has 0 amide bonds. The van der Waals surface area contributed by atoms with Gasteiger partial charge in [0.1, 0.15) is 0 Å². The van der Waals surface area contributed by atoms with Crippen LogP contribution in [-0.2, 0) is 19.8 Å². The van der Waals surface area contributed by atoms with Crippen LogP contribution in [0.2, 0.25) is 0 Å². The number of halogens is 3. The van der Waals surface area contributed by atoms with Gasteiger partial charge in [-0.15, -0.1) is 0 Å². The first-order valence-corrected chi connectivity index (χ1v) is 8.38. The van der Waals surface area contributed by atoms with Gasteiger partial charge in [-0.2, -0.15) is 23.4 Å². The van der Waals surface area contributed by atoms with E-state index in [4.69, 9.17) is 0 Å². The summed E-state index contributed by atoms with van der Waals surface area (Å²) in [4.78, 5) is 2.02. The molecular weight excluding hydrogens is 343 g/mol. The number of hydrogen-bond donors (Lipinski definition) is 1. The van der Waals surface area contributed by atoms with Gasteiger partial charge in [0.25, 0.3) is 0 Å². The number of hydrogen-bond acceptors (Lipinski definition) is 3. The van der Waals surface area contributed by atoms with Crippen molar-refractivity contribution in [3.63, 3.8) is 0 Å². The number of nitrogens with zero attached hydrogens (tertiary/aromatic N) is 4. The number of H-pyrrole nitrogens is 1. The molecule has 1 fully saturated rings. The first kappa shape index (κ1) is 16.8. The molecule has 0 atom stereocenters. The van der Waals surface area contributed by atoms with E-state index >= 15 is 0 Å². The van der Waals surface area contributed by atoms with Crippen LogP contribution in [0.3, 0.4) is 0 Å². The van der Waals surface area contributed by atoms with Crippen molar-refractivity contribution in [1.82, 2.24) is 24.9 Å². The van der Waals surface area contributed by atoms with Crippen molar-refractivity contribution in [3.8, 4) is 22.5 Å². The molecule has 1 aliphatic heterocycles. The normalized spacial score (nSPS) is 15.2. The van der Waals surface area contributed by atoms with Crippen molar-refractivity contribution in [1.29, 1.82) is 0 Å². The first-order chi connectivity index (χ1) is 12.4. The SMILES string of the molecule is Cn1cc(-c2cc(-c3cccc(CN4CCC4)c3C(F)(F)F)[nH]n2)cn1. The Labute approximate surface area is 148 Å². The van der Waals surface area contributed by atoms with Crippen LogP contribution in [0, 0.1) is 0 Å². The van der Waals surface area contributed by atoms with Gasteiger partial charge in [-0.3, -0.25) is 14.7 Å². The number of benzene rings is 1. The van der Waals surface area contributed by atoms with Crippen LogP contribution in [-0.4, -0.2) is 38.0 Å². The standard InChI is InChI=1S/C18H18F3N5/c1-25-10-13(9-22-25)15-8-16(24-23-15)14-5-2-4-12(11-26-6-3-7-26)17(14)18(19,20)21/h2,4-5,8-10H,3,6-7,11H2,1H3,(H,23,24). The maximum absolute atomic E-state index is 13.8. The number of likely N-dealkylation sites (tertiary alicyclic amines) is 1. The van der Waals surface area contributed by atoms with Gasteiger partial charge in [0.15, 0.2) is 0 Å². The van der Waals surface area contributed by atoms with Crippen LogP contribution in [0.4, 0.5) is 13.2 Å². The van der Waals surface area contributed by atoms with E-state index in [2.05, 4.69) is 15.3 Å². The molecule has 1 aromatic carbocycles. The second kappa shape index (κ2) is 6.28. The minimum atomic E-state index is -4.43. The first-order valence-electron chi connectivity index (χ1n) is 8.38. The van der Waals surface area contributed by atoms with E-state index in [1.165, 1.54) is 6.07 Å². The molecule has 1 N–H and O–H groups in total. The van der Waals surface area contributed by atoms with Crippen LogP contribution < -0.4 is 0 Å². The predicted molar refractivity (Wildman–Crippen MR) is 91.1 cm³/mol. The van der Waals surface area contributed by atoms with Crippen LogP contribution >= 0.6 is 0 Å². The molecular formula is C18H18F3N5. The van der Waals surface area contributed by atoms with E-state index in [0.29, 0.717) is 23.5 Å². The van der Waals surface area contributed by atoms with Gasteiger partial charge in [0, 0.05) is 30.9 Å². The molecule has 26 heavy (non-hydrogen) atoms. The number of rotatable bonds is 4. The minimum absolute atomic E-state index is 0.123. The lowest BCUT2D eigenvalue weighted by Gasteiger charge is -2.31. The quantitative estimate of drug-likeness (QED) is 0.771. The Bertz CT molecular complexity index is 921. The molecule has 3 aromatic rings. The molecule has 0 radical (unpaired) electrons. The molecule has 0 saturated carbocycles. The monoisotopic (exact) mass is 361 g/mol. The summed E-state index contributed by atoms with van der Waals surface area (Å²) in [5, 5.41) is 11.0. The Morgan fingerprint density at radius 1 is 1.23 bits per heavy atom. The van der Waals surface area contributed by atoms with Crippen molar-refractivity contribution >= 4 is 0 Å². The third-order valence-corrected chi connectivity index (χ3v) is 4.65. The maximum Gasteiger partial charge on any atom is 0.417 e. The van der Waals surface area contributed by atoms with Crippen LogP contribution in [0.1, 0.15) is 17.5 Å². The molecule has 5 nitrogen and oxygen atoms in total. The molecule has 8 heteroatoms. The summed E-state index contributed by atoms with van der Waals surface area (Å²) in [6, 6.07) is 6.35. The average molecular weight is 361 g/mol. The number of alkyl halides is 3. The Morgan fingerprint density at radius 2 is 2.04 bits per heavy atom. The molecule has 1 saturated heterocycles. The number of aromatic amines is 1. The highest BCUT2D eigenvalue weighted by molar-refractivity contribution is 5.71. The second-order valence-corrected chi connectivity index (χ2v) is 6.54. The fourth-order valence-electron chi connectivity index (χ4n) is 3.23. The van der Waals surface area contributed by atoms with E-state index in [0.717, 1.165) is 25.1 Å². The molecule has 2 aromatic heterocycles. The van der Waals surface area contributed by atoms with Crippen molar-refractivity contribution < 1.29 is 13.2 Å². The Morgan fingerprint density at radius 3 is 2.65 bits per heavy atom. The summed E-state index contributed by atoms with van der Waals surface area (Å²) in [5.74, 6) is 0. The summed E-state index contributed by atoms with van der Waals surface area (Å²) in [6.45, 7) is 2.00. The average Bonchev–Trinajstić information content (AvgIpc) is 3.18. The zero-order valence-electron chi connectivity index (χ0n) is 14.2. The topological polar surface area (TPSA) is 49.7 Å². The van der Waals surface area contributed by atoms with Crippen molar-refractivity contribution in [3.05, 3.63) is 47.8 Å². The second-order valence-electron chi connectivity index (χ2n) is 6.54. The smallest absolute Gasteiger partial charge is 0.299 e. The molecule has 0 unspecified atom stereocenters. The zero-order valence-corrected chi connectivity index (χ0v) is 14.2. The van der Waals surface area contributed by atoms with Gasteiger partial charge in [0.2, 0.25) is 0 Å². The Balaban J connectivity index is 1.76. The van der Waals surface area contributed by atoms with Crippen molar-refractivity contribution in [2.75, 3.05) is 13.1 Å². The molecule has 0 aliphatic carbocycles. The highest BCUT2D eigenvalue weighted by Gasteiger charge is 2.37. The van der Waals surface area contributed by atoms with Gasteiger partial charge < -0.3 is 0 Å². The minimum Gasteiger partial charge on any atom is -0.299 e. The summed E-state index contributed by atoms with van der Waals surface area (Å²) in [5.41, 5.74) is 1.50. The van der Waals surface area contributed by atoms with Gasteiger partial charge in [-0.25, -0.2) is 0 Å². The van der Waals surface area contributed by atoms with Crippen LogP contribution in [0.15, 0.2) is 36.7 Å². The molecule has 0 bridgehead atoms. The lowest BCUT2D eigenvalue weighted by molar-refractivity contribution is -0.138. The van der Waals surface area contributed by atoms with E-state index in [9.17, 15) is 13.2 Å². The number of nitrogens with one attached hydrogen (secondary N) is 1. The summed E-state index contributed by atoms with van der Waals surface area (Å²) < 4.78 is 43.1. The van der Waals surface area contributed by atoms with E-state index < -0.39 is 11.7 Å². The lowest BCUT2D eigenvalue weighted by Crippen LogP contribution is -2.36. The number of aromatic nitrogens is 4. The fraction of sp³-hybridized carbons (Fsp3) is 0.333. The largest absolute Gasteiger partial charge is 0.417 e. The van der Waals surface area contributed by atoms with Gasteiger partial charge in [0.05, 0.1) is 23.1 Å². The van der Waals surface area contributed by atoms with Gasteiger partial charge in [-0.05, 0) is 31.1 Å². The number of aryl methyl sites for hydroxylation is 1. The third-order valence-electron chi connectivity index (χ3n) is 4.65. The van der Waals surface area contributed by atoms with Crippen molar-refractivity contribution in [2.45, 2.75) is 19.1 Å². The highest BCUT2D eigenvalue weighted by atomic mass is 19.4. The zero-order chi connectivity index (χ0) is 18.3.